The fourth-order valence-electron chi connectivity index (χ4n) is 6.19. The Kier molecular flexibility index (Phi) is 23.0. The number of halogens is 1. The van der Waals surface area contributed by atoms with Crippen molar-refractivity contribution in [2.45, 2.75) is 138 Å². The maximum atomic E-state index is 5.18. The Bertz CT molecular complexity index is 1310. The first-order chi connectivity index (χ1) is 22.0. The zero-order valence-corrected chi connectivity index (χ0v) is 32.6. The van der Waals surface area contributed by atoms with Gasteiger partial charge in [-0.3, -0.25) is 0 Å². The molecule has 257 valence electrons. The van der Waals surface area contributed by atoms with Gasteiger partial charge in [0.15, 0.2) is 0 Å². The van der Waals surface area contributed by atoms with Gasteiger partial charge < -0.3 is 12.4 Å². The first-order valence-corrected chi connectivity index (χ1v) is 20.1. The number of benzene rings is 3. The van der Waals surface area contributed by atoms with Gasteiger partial charge in [0.2, 0.25) is 0 Å². The van der Waals surface area contributed by atoms with E-state index in [2.05, 4.69) is 136 Å². The number of hydrogen-bond acceptors (Lipinski definition) is 1. The Hall–Kier alpha value is -1.96. The molecule has 3 aromatic carbocycles. The second kappa shape index (κ2) is 25.1. The van der Waals surface area contributed by atoms with Crippen molar-refractivity contribution in [2.24, 2.45) is 4.99 Å². The minimum absolute atomic E-state index is 0. The molecule has 0 bridgehead atoms. The van der Waals surface area contributed by atoms with Crippen molar-refractivity contribution >= 4 is 25.6 Å². The van der Waals surface area contributed by atoms with Crippen LogP contribution in [0.15, 0.2) is 71.2 Å². The number of unbranched alkanes of at least 4 members (excludes halogenated alkanes) is 7. The molecule has 0 N–H and O–H groups in total. The summed E-state index contributed by atoms with van der Waals surface area (Å²) in [4.78, 5) is 5.18. The summed E-state index contributed by atoms with van der Waals surface area (Å²) in [6.07, 6.45) is 22.1. The van der Waals surface area contributed by atoms with Gasteiger partial charge in [-0.1, -0.05) is 146 Å². The Balaban J connectivity index is 0.00000346. The van der Waals surface area contributed by atoms with Gasteiger partial charge in [-0.15, -0.1) is 29.3 Å². The van der Waals surface area contributed by atoms with E-state index in [-0.39, 0.29) is 7.43 Å². The Morgan fingerprint density at radius 2 is 1.28 bits per heavy atom. The zero-order chi connectivity index (χ0) is 32.9. The van der Waals surface area contributed by atoms with E-state index in [0.29, 0.717) is 0 Å². The van der Waals surface area contributed by atoms with Crippen LogP contribution in [0.3, 0.4) is 0 Å². The fourth-order valence-corrected chi connectivity index (χ4v) is 6.19. The van der Waals surface area contributed by atoms with Crippen molar-refractivity contribution in [2.75, 3.05) is 0 Å². The third kappa shape index (κ3) is 14.0. The molecule has 0 radical (unpaired) electrons. The van der Waals surface area contributed by atoms with E-state index >= 15 is 0 Å². The van der Waals surface area contributed by atoms with Crippen molar-refractivity contribution in [3.63, 3.8) is 0 Å². The van der Waals surface area contributed by atoms with E-state index in [0.717, 1.165) is 30.7 Å². The summed E-state index contributed by atoms with van der Waals surface area (Å²) in [6, 6.07) is 22.5. The molecule has 1 nitrogen and oxygen atoms in total. The van der Waals surface area contributed by atoms with Gasteiger partial charge in [-0.05, 0) is 79.5 Å². The molecule has 0 heterocycles. The standard InChI is InChI=1S/C42H58N.CH3.BrH.Ni/c1-7-12-15-18-24-38-31-34(30-36(11-5)41(38)26-14-9-3)29-35(10-4)33(6)43-40-27-28-42(37-22-20-17-21-23-37)39(32-40)25-19-16-13-8-2;;;/h17,20-23,27-28,30-32H,7-16,18-19,24-26H2,1-6H3;1H3;1H;/q2*-1;;+1/p-1. The van der Waals surface area contributed by atoms with E-state index < -0.39 is 0 Å². The molecule has 0 spiro atoms. The zero-order valence-electron chi connectivity index (χ0n) is 30.0. The molecule has 3 aromatic rings. The van der Waals surface area contributed by atoms with E-state index in [1.807, 2.05) is 0 Å². The first-order valence-electron chi connectivity index (χ1n) is 17.7. The third-order valence-electron chi connectivity index (χ3n) is 8.75. The van der Waals surface area contributed by atoms with Crippen molar-refractivity contribution in [3.8, 4) is 11.1 Å². The van der Waals surface area contributed by atoms with Gasteiger partial charge in [0.25, 0.3) is 0 Å². The predicted octanol–water partition coefficient (Wildman–Crippen LogP) is 14.1. The minimum atomic E-state index is 0. The van der Waals surface area contributed by atoms with Crippen LogP contribution in [0.4, 0.5) is 5.69 Å². The Labute approximate surface area is 299 Å². The molecular formula is C43H61BrNNi-2. The number of aryl methyl sites for hydroxylation is 3. The molecule has 0 saturated carbocycles. The molecule has 0 amide bonds. The number of hydrogen-bond donors (Lipinski definition) is 0. The SMILES string of the molecule is CCCCCCc1cc(N=C(C)C(=[C-]c2cc(CC)c(CCCC)c(CCCCCC)c2)CC)ccc1-c1ccccc1.[CH3-].[Ni][Br]. The van der Waals surface area contributed by atoms with Gasteiger partial charge >= 0.3 is 27.9 Å². The molecular weight excluding hydrogens is 669 g/mol. The molecule has 0 aliphatic carbocycles. The topological polar surface area (TPSA) is 12.4 Å². The van der Waals surface area contributed by atoms with E-state index in [1.54, 1.807) is 11.1 Å². The monoisotopic (exact) mass is 728 g/mol. The summed E-state index contributed by atoms with van der Waals surface area (Å²) >= 11 is 6.25. The second-order valence-electron chi connectivity index (χ2n) is 12.2. The van der Waals surface area contributed by atoms with Crippen LogP contribution in [-0.4, -0.2) is 5.71 Å². The van der Waals surface area contributed by atoms with Crippen LogP contribution in [0.2, 0.25) is 0 Å². The van der Waals surface area contributed by atoms with Gasteiger partial charge in [-0.25, -0.2) is 0 Å². The average Bonchev–Trinajstić information content (AvgIpc) is 3.08. The van der Waals surface area contributed by atoms with Gasteiger partial charge in [0.1, 0.15) is 0 Å². The molecule has 0 aliphatic rings. The number of rotatable bonds is 19. The number of nitrogens with zero attached hydrogens (tertiary/aromatic N) is 1. The summed E-state index contributed by atoms with van der Waals surface area (Å²) in [6.45, 7) is 13.6. The second-order valence-corrected chi connectivity index (χ2v) is 12.2. The fraction of sp³-hybridized carbons (Fsp3) is 0.488. The van der Waals surface area contributed by atoms with E-state index in [9.17, 15) is 0 Å². The Morgan fingerprint density at radius 1 is 0.674 bits per heavy atom. The van der Waals surface area contributed by atoms with Crippen LogP contribution in [0, 0.1) is 13.5 Å². The summed E-state index contributed by atoms with van der Waals surface area (Å²) in [5, 5.41) is 0. The Morgan fingerprint density at radius 3 is 1.87 bits per heavy atom. The summed E-state index contributed by atoms with van der Waals surface area (Å²) < 4.78 is 0. The van der Waals surface area contributed by atoms with Gasteiger partial charge in [-0.2, -0.15) is 0 Å². The maximum absolute atomic E-state index is 5.18. The molecule has 0 atom stereocenters. The van der Waals surface area contributed by atoms with Gasteiger partial charge in [0.05, 0.1) is 5.69 Å². The molecule has 0 saturated heterocycles. The van der Waals surface area contributed by atoms with Gasteiger partial charge in [0, 0.05) is 0 Å². The van der Waals surface area contributed by atoms with E-state index in [1.165, 1.54) is 110 Å². The van der Waals surface area contributed by atoms with Crippen molar-refractivity contribution in [3.05, 3.63) is 108 Å². The summed E-state index contributed by atoms with van der Waals surface area (Å²) in [5.41, 5.74) is 13.3. The number of allylic oxidation sites excluding steroid dienone is 1. The van der Waals surface area contributed by atoms with Crippen LogP contribution in [0.5, 0.6) is 0 Å². The summed E-state index contributed by atoms with van der Waals surface area (Å²) in [7, 11) is 0. The van der Waals surface area contributed by atoms with Crippen LogP contribution >= 0.6 is 14.2 Å². The third-order valence-corrected chi connectivity index (χ3v) is 8.75. The molecule has 0 aromatic heterocycles. The molecule has 3 heteroatoms. The van der Waals surface area contributed by atoms with Crippen molar-refractivity contribution < 1.29 is 13.7 Å². The van der Waals surface area contributed by atoms with Crippen LogP contribution < -0.4 is 0 Å². The molecule has 3 rings (SSSR count). The molecule has 0 unspecified atom stereocenters. The van der Waals surface area contributed by atoms with Crippen LogP contribution in [0.1, 0.15) is 140 Å². The average molecular weight is 731 g/mol. The quantitative estimate of drug-likeness (QED) is 0.0504. The molecule has 46 heavy (non-hydrogen) atoms. The normalized spacial score (nSPS) is 11.6. The molecule has 0 aliphatic heterocycles. The molecule has 0 fully saturated rings. The predicted molar refractivity (Wildman–Crippen MR) is 206 cm³/mol. The van der Waals surface area contributed by atoms with Crippen molar-refractivity contribution in [1.82, 2.24) is 0 Å². The van der Waals surface area contributed by atoms with Crippen LogP contribution in [0.25, 0.3) is 11.1 Å². The first kappa shape index (κ1) is 42.1. The number of aliphatic imine (C=N–C) groups is 1. The summed E-state index contributed by atoms with van der Waals surface area (Å²) in [5.74, 6) is 0. The van der Waals surface area contributed by atoms with Crippen molar-refractivity contribution in [1.29, 1.82) is 0 Å². The van der Waals surface area contributed by atoms with E-state index in [4.69, 9.17) is 4.99 Å². The van der Waals surface area contributed by atoms with Crippen LogP contribution in [-0.2, 0) is 39.4 Å².